The lowest BCUT2D eigenvalue weighted by molar-refractivity contribution is -0.116. The Hall–Kier alpha value is -2.40. The smallest absolute Gasteiger partial charge is 0.226 e. The summed E-state index contributed by atoms with van der Waals surface area (Å²) in [6.07, 6.45) is 0.388. The number of carbonyl (C=O) groups is 1. The molecule has 1 N–H and O–H groups in total. The van der Waals surface area contributed by atoms with Crippen molar-refractivity contribution in [3.8, 4) is 6.07 Å². The van der Waals surface area contributed by atoms with Crippen LogP contribution in [0.4, 0.5) is 10.7 Å². The third kappa shape index (κ3) is 5.30. The second-order valence-corrected chi connectivity index (χ2v) is 7.46. The lowest BCUT2D eigenvalue weighted by atomic mass is 10.1. The number of nitriles is 1. The normalized spacial score (nSPS) is 14.2. The number of hydrogen-bond acceptors (Lipinski definition) is 6. The molecule has 1 aliphatic rings. The summed E-state index contributed by atoms with van der Waals surface area (Å²) in [7, 11) is 2.02. The fourth-order valence-corrected chi connectivity index (χ4v) is 3.86. The molecule has 0 saturated carbocycles. The number of para-hydroxylation sites is 1. The first-order chi connectivity index (χ1) is 13.2. The summed E-state index contributed by atoms with van der Waals surface area (Å²) in [4.78, 5) is 16.7. The number of thiophene rings is 1. The van der Waals surface area contributed by atoms with Gasteiger partial charge in [-0.15, -0.1) is 11.3 Å². The molecule has 1 aromatic carbocycles. The van der Waals surface area contributed by atoms with Gasteiger partial charge in [0.2, 0.25) is 5.91 Å². The van der Waals surface area contributed by atoms with Crippen molar-refractivity contribution in [2.75, 3.05) is 50.1 Å². The van der Waals surface area contributed by atoms with Crippen LogP contribution in [0, 0.1) is 11.3 Å². The number of morpholine rings is 1. The van der Waals surface area contributed by atoms with Gasteiger partial charge in [-0.25, -0.2) is 0 Å². The maximum atomic E-state index is 12.2. The number of hydrogen-bond donors (Lipinski definition) is 1. The lowest BCUT2D eigenvalue weighted by Gasteiger charge is -2.31. The third-order valence-electron chi connectivity index (χ3n) is 4.54. The highest BCUT2D eigenvalue weighted by molar-refractivity contribution is 7.14. The Morgan fingerprint density at radius 1 is 1.33 bits per heavy atom. The van der Waals surface area contributed by atoms with Gasteiger partial charge in [-0.05, 0) is 30.1 Å². The minimum atomic E-state index is -0.0673. The molecule has 1 fully saturated rings. The molecular weight excluding hydrogens is 360 g/mol. The van der Waals surface area contributed by atoms with E-state index in [1.807, 2.05) is 12.4 Å². The number of nitrogens with one attached hydrogen (secondary N) is 1. The van der Waals surface area contributed by atoms with Gasteiger partial charge in [0.25, 0.3) is 0 Å². The second kappa shape index (κ2) is 9.51. The lowest BCUT2D eigenvalue weighted by Crippen LogP contribution is -2.37. The number of amides is 1. The number of nitrogens with zero attached hydrogens (tertiary/aromatic N) is 3. The van der Waals surface area contributed by atoms with Gasteiger partial charge in [0.15, 0.2) is 0 Å². The van der Waals surface area contributed by atoms with E-state index in [4.69, 9.17) is 10.00 Å². The van der Waals surface area contributed by atoms with Gasteiger partial charge in [0, 0.05) is 38.3 Å². The third-order valence-corrected chi connectivity index (χ3v) is 5.37. The fraction of sp³-hybridized carbons (Fsp3) is 0.400. The quantitative estimate of drug-likeness (QED) is 0.795. The van der Waals surface area contributed by atoms with E-state index in [-0.39, 0.29) is 5.91 Å². The van der Waals surface area contributed by atoms with Gasteiger partial charge >= 0.3 is 0 Å². The predicted octanol–water partition coefficient (Wildman–Crippen LogP) is 2.92. The summed E-state index contributed by atoms with van der Waals surface area (Å²) in [6.45, 7) is 4.77. The molecule has 0 aliphatic carbocycles. The molecule has 0 bridgehead atoms. The summed E-state index contributed by atoms with van der Waals surface area (Å²) in [6, 6.07) is 12.2. The van der Waals surface area contributed by atoms with Crippen LogP contribution >= 0.6 is 11.3 Å². The van der Waals surface area contributed by atoms with Crippen molar-refractivity contribution in [1.29, 1.82) is 5.26 Å². The number of carbonyl (C=O) groups excluding carboxylic acids is 1. The predicted molar refractivity (Wildman–Crippen MR) is 108 cm³/mol. The Kier molecular flexibility index (Phi) is 6.82. The molecule has 2 aromatic rings. The summed E-state index contributed by atoms with van der Waals surface area (Å²) in [5.74, 6) is -0.0673. The summed E-state index contributed by atoms with van der Waals surface area (Å²) in [5, 5.41) is 14.3. The Morgan fingerprint density at radius 2 is 2.11 bits per heavy atom. The number of benzene rings is 1. The Morgan fingerprint density at radius 3 is 2.89 bits per heavy atom. The minimum absolute atomic E-state index is 0.0673. The van der Waals surface area contributed by atoms with Crippen LogP contribution in [0.15, 0.2) is 35.7 Å². The summed E-state index contributed by atoms with van der Waals surface area (Å²) >= 11 is 1.37. The monoisotopic (exact) mass is 384 g/mol. The Bertz CT molecular complexity index is 808. The average molecular weight is 385 g/mol. The highest BCUT2D eigenvalue weighted by Crippen LogP contribution is 2.24. The molecule has 6 nitrogen and oxygen atoms in total. The van der Waals surface area contributed by atoms with E-state index in [0.717, 1.165) is 32.8 Å². The van der Waals surface area contributed by atoms with E-state index < -0.39 is 0 Å². The highest BCUT2D eigenvalue weighted by Gasteiger charge is 2.16. The fourth-order valence-electron chi connectivity index (χ4n) is 3.10. The molecule has 1 amide bonds. The van der Waals surface area contributed by atoms with Crippen molar-refractivity contribution in [3.05, 3.63) is 46.8 Å². The van der Waals surface area contributed by atoms with E-state index in [9.17, 15) is 4.79 Å². The van der Waals surface area contributed by atoms with Gasteiger partial charge in [0.1, 0.15) is 11.1 Å². The van der Waals surface area contributed by atoms with Gasteiger partial charge in [0.05, 0.1) is 18.8 Å². The van der Waals surface area contributed by atoms with Crippen LogP contribution in [0.3, 0.4) is 0 Å². The zero-order valence-corrected chi connectivity index (χ0v) is 16.3. The number of ether oxygens (including phenoxy) is 1. The molecule has 142 valence electrons. The van der Waals surface area contributed by atoms with Gasteiger partial charge in [-0.1, -0.05) is 18.2 Å². The van der Waals surface area contributed by atoms with Crippen LogP contribution < -0.4 is 10.2 Å². The van der Waals surface area contributed by atoms with E-state index >= 15 is 0 Å². The van der Waals surface area contributed by atoms with Crippen LogP contribution in [0.1, 0.15) is 17.5 Å². The zero-order valence-electron chi connectivity index (χ0n) is 15.5. The van der Waals surface area contributed by atoms with E-state index in [1.165, 1.54) is 22.6 Å². The zero-order chi connectivity index (χ0) is 19.1. The molecule has 0 radical (unpaired) electrons. The molecule has 27 heavy (non-hydrogen) atoms. The highest BCUT2D eigenvalue weighted by atomic mass is 32.1. The summed E-state index contributed by atoms with van der Waals surface area (Å²) in [5.41, 5.74) is 3.02. The Labute approximate surface area is 164 Å². The maximum absolute atomic E-state index is 12.2. The van der Waals surface area contributed by atoms with E-state index in [2.05, 4.69) is 45.5 Å². The first-order valence-electron chi connectivity index (χ1n) is 9.04. The molecule has 3 rings (SSSR count). The number of anilines is 2. The molecule has 0 spiro atoms. The van der Waals surface area contributed by atoms with Crippen molar-refractivity contribution < 1.29 is 9.53 Å². The van der Waals surface area contributed by atoms with Crippen molar-refractivity contribution >= 4 is 27.9 Å². The van der Waals surface area contributed by atoms with Crippen molar-refractivity contribution in [3.63, 3.8) is 0 Å². The molecular formula is C20H24N4O2S. The first kappa shape index (κ1) is 19.4. The second-order valence-electron chi connectivity index (χ2n) is 6.54. The number of rotatable bonds is 7. The minimum Gasteiger partial charge on any atom is -0.378 e. The van der Waals surface area contributed by atoms with Gasteiger partial charge in [-0.2, -0.15) is 5.26 Å². The molecule has 7 heteroatoms. The van der Waals surface area contributed by atoms with Crippen LogP contribution in [-0.2, 0) is 16.1 Å². The molecule has 1 saturated heterocycles. The summed E-state index contributed by atoms with van der Waals surface area (Å²) < 4.78 is 5.45. The largest absolute Gasteiger partial charge is 0.378 e. The van der Waals surface area contributed by atoms with Gasteiger partial charge < -0.3 is 19.9 Å². The standard InChI is InChI=1S/C20H24N4O2S/c1-23(8-6-19(25)22-20-16(14-21)7-13-27-20)15-17-4-2-3-5-18(17)24-9-11-26-12-10-24/h2-5,7,13H,6,8-12,15H2,1H3,(H,22,25). The average Bonchev–Trinajstić information content (AvgIpc) is 3.14. The van der Waals surface area contributed by atoms with Crippen LogP contribution in [0.25, 0.3) is 0 Å². The molecule has 1 aromatic heterocycles. The molecule has 0 unspecified atom stereocenters. The van der Waals surface area contributed by atoms with E-state index in [0.29, 0.717) is 23.5 Å². The molecule has 0 atom stereocenters. The van der Waals surface area contributed by atoms with Crippen molar-refractivity contribution in [1.82, 2.24) is 4.90 Å². The van der Waals surface area contributed by atoms with Gasteiger partial charge in [-0.3, -0.25) is 4.79 Å². The van der Waals surface area contributed by atoms with Crippen LogP contribution in [0.2, 0.25) is 0 Å². The van der Waals surface area contributed by atoms with Crippen molar-refractivity contribution in [2.45, 2.75) is 13.0 Å². The van der Waals surface area contributed by atoms with Crippen LogP contribution in [-0.4, -0.2) is 50.7 Å². The molecule has 2 heterocycles. The topological polar surface area (TPSA) is 68.6 Å². The first-order valence-corrected chi connectivity index (χ1v) is 9.92. The SMILES string of the molecule is CN(CCC(=O)Nc1sccc1C#N)Cc1ccccc1N1CCOCC1. The molecule has 1 aliphatic heterocycles. The Balaban J connectivity index is 1.53. The maximum Gasteiger partial charge on any atom is 0.226 e. The van der Waals surface area contributed by atoms with Crippen molar-refractivity contribution in [2.24, 2.45) is 0 Å². The van der Waals surface area contributed by atoms with Crippen LogP contribution in [0.5, 0.6) is 0 Å². The van der Waals surface area contributed by atoms with E-state index in [1.54, 1.807) is 6.07 Å².